The summed E-state index contributed by atoms with van der Waals surface area (Å²) in [6.07, 6.45) is 8.88. The molecule has 37 heavy (non-hydrogen) atoms. The van der Waals surface area contributed by atoms with Gasteiger partial charge in [0.2, 0.25) is 11.8 Å². The maximum absolute atomic E-state index is 14.6. The van der Waals surface area contributed by atoms with Crippen molar-refractivity contribution in [3.05, 3.63) is 25.3 Å². The van der Waals surface area contributed by atoms with Gasteiger partial charge in [-0.2, -0.15) is 0 Å². The fourth-order valence-corrected chi connectivity index (χ4v) is 8.08. The second-order valence-corrected chi connectivity index (χ2v) is 12.2. The van der Waals surface area contributed by atoms with Gasteiger partial charge in [-0.3, -0.25) is 14.4 Å². The first-order valence-corrected chi connectivity index (χ1v) is 14.6. The van der Waals surface area contributed by atoms with Gasteiger partial charge in [0.25, 0.3) is 0 Å². The number of carbonyl (C=O) groups excluding carboxylic acids is 3. The number of amides is 2. The number of likely N-dealkylation sites (tertiary alicyclic amines) is 1. The third-order valence-electron chi connectivity index (χ3n) is 9.05. The smallest absolute Gasteiger partial charge is 0.312 e. The number of halogens is 1. The molecule has 8 nitrogen and oxygen atoms in total. The largest absolute Gasteiger partial charge is 0.461 e. The van der Waals surface area contributed by atoms with E-state index in [2.05, 4.69) is 29.1 Å². The SMILES string of the molecule is C=CCOC(=O)[C@H]1[C@H]2C(=O)N([C@@H](CO)[C@@H](C)CC)C(C(=O)N(CC=C)C3CCCCC3)C23CC(Br)[C@@H]1O3. The van der Waals surface area contributed by atoms with E-state index in [1.54, 1.807) is 11.0 Å². The van der Waals surface area contributed by atoms with E-state index in [0.29, 0.717) is 13.0 Å². The molecule has 3 saturated heterocycles. The average Bonchev–Trinajstić information content (AvgIpc) is 3.50. The summed E-state index contributed by atoms with van der Waals surface area (Å²) < 4.78 is 12.0. The maximum atomic E-state index is 14.6. The van der Waals surface area contributed by atoms with Crippen LogP contribution in [0.1, 0.15) is 58.8 Å². The topological polar surface area (TPSA) is 96.4 Å². The van der Waals surface area contributed by atoms with Crippen LogP contribution in [0.4, 0.5) is 0 Å². The molecule has 0 aromatic rings. The lowest BCUT2D eigenvalue weighted by atomic mass is 9.70. The number of carbonyl (C=O) groups is 3. The number of aliphatic hydroxyl groups excluding tert-OH is 1. The van der Waals surface area contributed by atoms with Crippen molar-refractivity contribution in [3.63, 3.8) is 0 Å². The number of hydrogen-bond donors (Lipinski definition) is 1. The van der Waals surface area contributed by atoms with Crippen molar-refractivity contribution in [1.29, 1.82) is 0 Å². The van der Waals surface area contributed by atoms with E-state index in [1.165, 1.54) is 6.08 Å². The molecule has 0 radical (unpaired) electrons. The molecule has 9 heteroatoms. The lowest BCUT2D eigenvalue weighted by molar-refractivity contribution is -0.157. The highest BCUT2D eigenvalue weighted by Gasteiger charge is 2.77. The zero-order chi connectivity index (χ0) is 26.9. The number of esters is 1. The first kappa shape index (κ1) is 28.3. The summed E-state index contributed by atoms with van der Waals surface area (Å²) in [6.45, 7) is 11.6. The molecule has 1 spiro atoms. The van der Waals surface area contributed by atoms with Crippen LogP contribution in [0.3, 0.4) is 0 Å². The Bertz CT molecular complexity index is 907. The van der Waals surface area contributed by atoms with E-state index in [-0.39, 0.29) is 41.8 Å². The Labute approximate surface area is 228 Å². The Balaban J connectivity index is 1.80. The first-order valence-electron chi connectivity index (χ1n) is 13.7. The predicted octanol–water partition coefficient (Wildman–Crippen LogP) is 3.22. The Morgan fingerprint density at radius 3 is 2.59 bits per heavy atom. The molecule has 4 fully saturated rings. The standard InChI is InChI=1S/C28H41BrN2O6/c1-5-13-30(18-11-9-8-10-12-18)26(34)24-28-15-19(29)23(37-28)21(27(35)36-14-6-2)22(28)25(33)31(24)20(16-32)17(4)7-3/h5-6,17-24,32H,1-2,7-16H2,3-4H3/t17-,19?,20-,21-,22-,23-,24?,28?/m0/s1. The lowest BCUT2D eigenvalue weighted by Crippen LogP contribution is -2.61. The number of alkyl halides is 1. The van der Waals surface area contributed by atoms with Crippen molar-refractivity contribution < 1.29 is 29.0 Å². The van der Waals surface area contributed by atoms with Gasteiger partial charge in [0.15, 0.2) is 0 Å². The Morgan fingerprint density at radius 2 is 2.00 bits per heavy atom. The molecule has 1 N–H and O–H groups in total. The van der Waals surface area contributed by atoms with Gasteiger partial charge in [0.05, 0.1) is 30.6 Å². The highest BCUT2D eigenvalue weighted by Crippen LogP contribution is 2.61. The first-order chi connectivity index (χ1) is 17.8. The summed E-state index contributed by atoms with van der Waals surface area (Å²) in [4.78, 5) is 45.3. The van der Waals surface area contributed by atoms with E-state index in [0.717, 1.165) is 38.5 Å². The summed E-state index contributed by atoms with van der Waals surface area (Å²) in [5, 5.41) is 10.5. The van der Waals surface area contributed by atoms with Crippen LogP contribution in [0.5, 0.6) is 0 Å². The third kappa shape index (κ3) is 4.69. The van der Waals surface area contributed by atoms with Crippen LogP contribution < -0.4 is 0 Å². The second-order valence-electron chi connectivity index (χ2n) is 11.0. The molecule has 3 aliphatic heterocycles. The van der Waals surface area contributed by atoms with Crippen LogP contribution >= 0.6 is 15.9 Å². The summed E-state index contributed by atoms with van der Waals surface area (Å²) in [5.41, 5.74) is -1.17. The monoisotopic (exact) mass is 580 g/mol. The molecule has 1 saturated carbocycles. The molecular weight excluding hydrogens is 540 g/mol. The van der Waals surface area contributed by atoms with Crippen LogP contribution in [0.15, 0.2) is 25.3 Å². The van der Waals surface area contributed by atoms with Crippen molar-refractivity contribution in [2.45, 2.75) is 93.5 Å². The molecule has 1 aliphatic carbocycles. The molecule has 0 aromatic carbocycles. The van der Waals surface area contributed by atoms with Crippen molar-refractivity contribution >= 4 is 33.7 Å². The molecule has 0 aromatic heterocycles. The molecular formula is C28H41BrN2O6. The minimum atomic E-state index is -1.17. The third-order valence-corrected chi connectivity index (χ3v) is 9.89. The molecule has 2 amide bonds. The zero-order valence-corrected chi connectivity index (χ0v) is 23.6. The average molecular weight is 582 g/mol. The number of hydrogen-bond acceptors (Lipinski definition) is 6. The Hall–Kier alpha value is -1.71. The number of fused-ring (bicyclic) bond motifs is 1. The number of rotatable bonds is 11. The summed E-state index contributed by atoms with van der Waals surface area (Å²) >= 11 is 3.69. The van der Waals surface area contributed by atoms with Crippen LogP contribution in [0, 0.1) is 17.8 Å². The quantitative estimate of drug-likeness (QED) is 0.229. The van der Waals surface area contributed by atoms with Gasteiger partial charge in [-0.1, -0.05) is 74.2 Å². The van der Waals surface area contributed by atoms with E-state index in [9.17, 15) is 19.5 Å². The van der Waals surface area contributed by atoms with Gasteiger partial charge in [-0.15, -0.1) is 6.58 Å². The number of ether oxygens (including phenoxy) is 2. The Kier molecular flexibility index (Phi) is 8.86. The molecule has 206 valence electrons. The minimum Gasteiger partial charge on any atom is -0.461 e. The molecule has 8 atom stereocenters. The van der Waals surface area contributed by atoms with E-state index < -0.39 is 41.6 Å². The van der Waals surface area contributed by atoms with Crippen molar-refractivity contribution in [1.82, 2.24) is 9.80 Å². The van der Waals surface area contributed by atoms with E-state index in [4.69, 9.17) is 9.47 Å². The maximum Gasteiger partial charge on any atom is 0.312 e. The lowest BCUT2D eigenvalue weighted by Gasteiger charge is -2.43. The zero-order valence-electron chi connectivity index (χ0n) is 22.0. The highest BCUT2D eigenvalue weighted by atomic mass is 79.9. The van der Waals surface area contributed by atoms with Gasteiger partial charge in [0, 0.05) is 17.4 Å². The fourth-order valence-electron chi connectivity index (χ4n) is 7.13. The van der Waals surface area contributed by atoms with Crippen molar-refractivity contribution in [2.75, 3.05) is 19.8 Å². The van der Waals surface area contributed by atoms with Crippen LogP contribution in [0.25, 0.3) is 0 Å². The number of nitrogens with zero attached hydrogens (tertiary/aromatic N) is 2. The second kappa shape index (κ2) is 11.6. The minimum absolute atomic E-state index is 0.0376. The van der Waals surface area contributed by atoms with E-state index in [1.807, 2.05) is 18.7 Å². The highest BCUT2D eigenvalue weighted by molar-refractivity contribution is 9.09. The molecule has 4 rings (SSSR count). The molecule has 4 aliphatic rings. The predicted molar refractivity (Wildman–Crippen MR) is 143 cm³/mol. The summed E-state index contributed by atoms with van der Waals surface area (Å²) in [6, 6.07) is -1.43. The van der Waals surface area contributed by atoms with Gasteiger partial charge in [-0.25, -0.2) is 0 Å². The Morgan fingerprint density at radius 1 is 1.30 bits per heavy atom. The normalized spacial score (nSPS) is 34.6. The fraction of sp³-hybridized carbons (Fsp3) is 0.750. The van der Waals surface area contributed by atoms with Gasteiger partial charge in [0.1, 0.15) is 18.2 Å². The van der Waals surface area contributed by atoms with Gasteiger partial charge < -0.3 is 24.4 Å². The number of aliphatic hydroxyl groups is 1. The van der Waals surface area contributed by atoms with Crippen LogP contribution in [-0.2, 0) is 23.9 Å². The van der Waals surface area contributed by atoms with Crippen LogP contribution in [0.2, 0.25) is 0 Å². The molecule has 3 heterocycles. The summed E-state index contributed by atoms with van der Waals surface area (Å²) in [7, 11) is 0. The van der Waals surface area contributed by atoms with Crippen LogP contribution in [-0.4, -0.2) is 87.1 Å². The van der Waals surface area contributed by atoms with Crippen molar-refractivity contribution in [3.8, 4) is 0 Å². The molecule has 2 bridgehead atoms. The van der Waals surface area contributed by atoms with Crippen molar-refractivity contribution in [2.24, 2.45) is 17.8 Å². The van der Waals surface area contributed by atoms with E-state index >= 15 is 0 Å². The molecule has 3 unspecified atom stereocenters. The summed E-state index contributed by atoms with van der Waals surface area (Å²) in [5.74, 6) is -2.71. The van der Waals surface area contributed by atoms with Gasteiger partial charge in [-0.05, 0) is 25.2 Å². The van der Waals surface area contributed by atoms with Gasteiger partial charge >= 0.3 is 5.97 Å².